The van der Waals surface area contributed by atoms with Gasteiger partial charge in [0.05, 0.1) is 13.0 Å². The van der Waals surface area contributed by atoms with Gasteiger partial charge in [-0.25, -0.2) is 9.18 Å². The second-order valence-corrected chi connectivity index (χ2v) is 5.02. The number of benzene rings is 1. The molecule has 3 N–H and O–H groups in total. The lowest BCUT2D eigenvalue weighted by Crippen LogP contribution is -2.47. The van der Waals surface area contributed by atoms with E-state index in [4.69, 9.17) is 5.11 Å². The van der Waals surface area contributed by atoms with Gasteiger partial charge >= 0.3 is 5.97 Å². The van der Waals surface area contributed by atoms with Crippen LogP contribution >= 0.6 is 0 Å². The third kappa shape index (κ3) is 4.01. The topological polar surface area (TPSA) is 95.5 Å². The first-order chi connectivity index (χ1) is 9.91. The standard InChI is InChI=1S/C14H15FN2O4/c15-10-3-1-2-9(6-10)7-11(18)16-8-12(19)17-14(4-5-14)13(20)21/h1-3,6H,4-5,7-8H2,(H,16,18)(H,17,19)(H,20,21). The molecule has 0 aliphatic heterocycles. The van der Waals surface area contributed by atoms with E-state index in [1.54, 1.807) is 6.07 Å². The maximum Gasteiger partial charge on any atom is 0.329 e. The largest absolute Gasteiger partial charge is 0.480 e. The number of halogens is 1. The molecule has 1 saturated carbocycles. The van der Waals surface area contributed by atoms with Crippen LogP contribution in [0.3, 0.4) is 0 Å². The first-order valence-corrected chi connectivity index (χ1v) is 6.47. The Labute approximate surface area is 120 Å². The number of nitrogens with one attached hydrogen (secondary N) is 2. The van der Waals surface area contributed by atoms with Crippen molar-refractivity contribution in [3.05, 3.63) is 35.6 Å². The molecule has 0 aromatic heterocycles. The maximum atomic E-state index is 12.9. The van der Waals surface area contributed by atoms with Crippen molar-refractivity contribution in [2.75, 3.05) is 6.54 Å². The zero-order valence-electron chi connectivity index (χ0n) is 11.2. The summed E-state index contributed by atoms with van der Waals surface area (Å²) in [7, 11) is 0. The third-order valence-electron chi connectivity index (χ3n) is 3.24. The highest BCUT2D eigenvalue weighted by Crippen LogP contribution is 2.35. The molecule has 2 amide bonds. The monoisotopic (exact) mass is 294 g/mol. The van der Waals surface area contributed by atoms with E-state index in [0.717, 1.165) is 0 Å². The van der Waals surface area contributed by atoms with Crippen LogP contribution in [0.15, 0.2) is 24.3 Å². The van der Waals surface area contributed by atoms with Gasteiger partial charge in [-0.15, -0.1) is 0 Å². The maximum absolute atomic E-state index is 12.9. The molecule has 0 radical (unpaired) electrons. The number of carboxylic acids is 1. The molecular weight excluding hydrogens is 279 g/mol. The molecule has 1 aromatic carbocycles. The number of carbonyl (C=O) groups excluding carboxylic acids is 2. The van der Waals surface area contributed by atoms with E-state index in [1.807, 2.05) is 0 Å². The number of aliphatic carboxylic acids is 1. The van der Waals surface area contributed by atoms with Gasteiger partial charge in [-0.05, 0) is 30.5 Å². The number of carbonyl (C=O) groups is 3. The highest BCUT2D eigenvalue weighted by atomic mass is 19.1. The minimum absolute atomic E-state index is 0.0465. The van der Waals surface area contributed by atoms with E-state index in [1.165, 1.54) is 18.2 Å². The molecule has 7 heteroatoms. The van der Waals surface area contributed by atoms with Crippen molar-refractivity contribution < 1.29 is 23.9 Å². The molecule has 0 bridgehead atoms. The predicted molar refractivity (Wildman–Crippen MR) is 70.9 cm³/mol. The van der Waals surface area contributed by atoms with Gasteiger partial charge in [-0.2, -0.15) is 0 Å². The van der Waals surface area contributed by atoms with Crippen molar-refractivity contribution in [2.45, 2.75) is 24.8 Å². The van der Waals surface area contributed by atoms with Crippen LogP contribution in [0.1, 0.15) is 18.4 Å². The van der Waals surface area contributed by atoms with Crippen LogP contribution in [0.25, 0.3) is 0 Å². The van der Waals surface area contributed by atoms with Crippen molar-refractivity contribution >= 4 is 17.8 Å². The van der Waals surface area contributed by atoms with Crippen LogP contribution < -0.4 is 10.6 Å². The average Bonchev–Trinajstić information content (AvgIpc) is 3.17. The third-order valence-corrected chi connectivity index (χ3v) is 3.24. The Hall–Kier alpha value is -2.44. The van der Waals surface area contributed by atoms with Gasteiger partial charge in [0.15, 0.2) is 0 Å². The first-order valence-electron chi connectivity index (χ1n) is 6.47. The summed E-state index contributed by atoms with van der Waals surface area (Å²) >= 11 is 0. The minimum Gasteiger partial charge on any atom is -0.480 e. The van der Waals surface area contributed by atoms with E-state index in [0.29, 0.717) is 18.4 Å². The summed E-state index contributed by atoms with van der Waals surface area (Å²) < 4.78 is 12.9. The van der Waals surface area contributed by atoms with Crippen LogP contribution in [0, 0.1) is 5.82 Å². The first kappa shape index (κ1) is 15.0. The minimum atomic E-state index is -1.16. The number of rotatable bonds is 6. The van der Waals surface area contributed by atoms with E-state index in [9.17, 15) is 18.8 Å². The van der Waals surface area contributed by atoms with Gasteiger partial charge in [-0.1, -0.05) is 12.1 Å². The van der Waals surface area contributed by atoms with E-state index in [-0.39, 0.29) is 13.0 Å². The van der Waals surface area contributed by atoms with E-state index >= 15 is 0 Å². The van der Waals surface area contributed by atoms with Gasteiger partial charge in [-0.3, -0.25) is 9.59 Å². The molecule has 0 atom stereocenters. The van der Waals surface area contributed by atoms with Crippen LogP contribution in [0.5, 0.6) is 0 Å². The van der Waals surface area contributed by atoms with Crippen molar-refractivity contribution in [3.63, 3.8) is 0 Å². The lowest BCUT2D eigenvalue weighted by atomic mass is 10.1. The molecular formula is C14H15FN2O4. The fourth-order valence-corrected chi connectivity index (χ4v) is 1.90. The molecule has 0 heterocycles. The number of carboxylic acid groups (broad SMARTS) is 1. The zero-order valence-corrected chi connectivity index (χ0v) is 11.2. The second-order valence-electron chi connectivity index (χ2n) is 5.02. The molecule has 0 saturated heterocycles. The zero-order chi connectivity index (χ0) is 15.5. The molecule has 1 aromatic rings. The lowest BCUT2D eigenvalue weighted by Gasteiger charge is -2.12. The molecule has 0 unspecified atom stereocenters. The van der Waals surface area contributed by atoms with Gasteiger partial charge in [0.25, 0.3) is 0 Å². The van der Waals surface area contributed by atoms with Gasteiger partial charge < -0.3 is 15.7 Å². The highest BCUT2D eigenvalue weighted by molar-refractivity contribution is 5.92. The number of hydrogen-bond acceptors (Lipinski definition) is 3. The highest BCUT2D eigenvalue weighted by Gasteiger charge is 2.51. The Morgan fingerprint density at radius 1 is 1.24 bits per heavy atom. The Morgan fingerprint density at radius 3 is 2.52 bits per heavy atom. The summed E-state index contributed by atoms with van der Waals surface area (Å²) in [4.78, 5) is 34.1. The Morgan fingerprint density at radius 2 is 1.95 bits per heavy atom. The summed E-state index contributed by atoms with van der Waals surface area (Å²) in [6.07, 6.45) is 0.742. The average molecular weight is 294 g/mol. The molecule has 1 aliphatic carbocycles. The lowest BCUT2D eigenvalue weighted by molar-refractivity contribution is -0.143. The van der Waals surface area contributed by atoms with Gasteiger partial charge in [0.2, 0.25) is 11.8 Å². The van der Waals surface area contributed by atoms with Crippen LogP contribution in [0.2, 0.25) is 0 Å². The summed E-state index contributed by atoms with van der Waals surface area (Å²) in [5.74, 6) is -2.49. The fourth-order valence-electron chi connectivity index (χ4n) is 1.90. The van der Waals surface area contributed by atoms with Crippen molar-refractivity contribution in [2.24, 2.45) is 0 Å². The fraction of sp³-hybridized carbons (Fsp3) is 0.357. The number of amides is 2. The summed E-state index contributed by atoms with van der Waals surface area (Å²) in [6.45, 7) is -0.302. The van der Waals surface area contributed by atoms with Crippen LogP contribution in [-0.4, -0.2) is 35.0 Å². The quantitative estimate of drug-likeness (QED) is 0.699. The summed E-state index contributed by atoms with van der Waals surface area (Å²) in [5, 5.41) is 13.7. The second kappa shape index (κ2) is 5.90. The van der Waals surface area contributed by atoms with E-state index in [2.05, 4.69) is 10.6 Å². The summed E-state index contributed by atoms with van der Waals surface area (Å²) in [6, 6.07) is 5.61. The normalized spacial score (nSPS) is 15.1. The number of hydrogen-bond donors (Lipinski definition) is 3. The van der Waals surface area contributed by atoms with Crippen LogP contribution in [-0.2, 0) is 20.8 Å². The van der Waals surface area contributed by atoms with E-state index < -0.39 is 29.1 Å². The van der Waals surface area contributed by atoms with Crippen LogP contribution in [0.4, 0.5) is 4.39 Å². The SMILES string of the molecule is O=C(Cc1cccc(F)c1)NCC(=O)NC1(C(=O)O)CC1. The van der Waals surface area contributed by atoms with Crippen molar-refractivity contribution in [3.8, 4) is 0 Å². The molecule has 6 nitrogen and oxygen atoms in total. The Bertz CT molecular complexity index is 584. The van der Waals surface area contributed by atoms with Crippen molar-refractivity contribution in [1.82, 2.24) is 10.6 Å². The Kier molecular flexibility index (Phi) is 4.21. The smallest absolute Gasteiger partial charge is 0.329 e. The Balaban J connectivity index is 1.76. The van der Waals surface area contributed by atoms with Crippen molar-refractivity contribution in [1.29, 1.82) is 0 Å². The molecule has 21 heavy (non-hydrogen) atoms. The molecule has 1 fully saturated rings. The van der Waals surface area contributed by atoms with Gasteiger partial charge in [0.1, 0.15) is 11.4 Å². The molecule has 1 aliphatic rings. The summed E-state index contributed by atoms with van der Waals surface area (Å²) in [5.41, 5.74) is -0.665. The molecule has 0 spiro atoms. The molecule has 112 valence electrons. The molecule has 2 rings (SSSR count). The van der Waals surface area contributed by atoms with Gasteiger partial charge in [0, 0.05) is 0 Å². The predicted octanol–water partition coefficient (Wildman–Crippen LogP) is 0.218.